The second kappa shape index (κ2) is 12.3. The van der Waals surface area contributed by atoms with E-state index in [1.165, 1.54) is 46.7 Å². The summed E-state index contributed by atoms with van der Waals surface area (Å²) in [6.45, 7) is 0. The lowest BCUT2D eigenvalue weighted by Crippen LogP contribution is -2.83. The summed E-state index contributed by atoms with van der Waals surface area (Å²) in [5.41, 5.74) is 0. The summed E-state index contributed by atoms with van der Waals surface area (Å²) in [6.07, 6.45) is 0. The molecule has 1 heterocycles. The molecule has 1 aliphatic heterocycles. The highest BCUT2D eigenvalue weighted by Gasteiger charge is 2.51. The first-order valence-electron chi connectivity index (χ1n) is 15.9. The number of fused-ring (bicyclic) bond motifs is 4. The molecule has 0 N–H and O–H groups in total. The average Bonchev–Trinajstić information content (AvgIpc) is 3.14. The highest BCUT2D eigenvalue weighted by molar-refractivity contribution is 7.56. The van der Waals surface area contributed by atoms with Crippen LogP contribution in [0.1, 0.15) is 0 Å². The van der Waals surface area contributed by atoms with Gasteiger partial charge < -0.3 is 0 Å². The van der Waals surface area contributed by atoms with Crippen LogP contribution in [-0.4, -0.2) is 32.5 Å². The first-order valence-corrected chi connectivity index (χ1v) is 24.4. The van der Waals surface area contributed by atoms with Gasteiger partial charge in [0.2, 0.25) is 0 Å². The fourth-order valence-electron chi connectivity index (χ4n) is 7.56. The third-order valence-corrected chi connectivity index (χ3v) is 31.3. The van der Waals surface area contributed by atoms with Gasteiger partial charge in [0.15, 0.2) is 0 Å². The van der Waals surface area contributed by atoms with E-state index < -0.39 is 23.5 Å². The number of rotatable bonds is 5. The molecule has 217 valence electrons. The summed E-state index contributed by atoms with van der Waals surface area (Å²) < 4.78 is 0. The summed E-state index contributed by atoms with van der Waals surface area (Å²) >= 11 is 0. The topological polar surface area (TPSA) is 0 Å². The highest BCUT2D eigenvalue weighted by Crippen LogP contribution is 2.16. The Balaban J connectivity index is 1.57. The van der Waals surface area contributed by atoms with Crippen molar-refractivity contribution in [1.82, 2.24) is 0 Å². The van der Waals surface area contributed by atoms with Crippen LogP contribution in [0.4, 0.5) is 0 Å². The fraction of sp³-hybridized carbons (Fsp3) is 0. The molecule has 0 saturated heterocycles. The average molecular weight is 650 g/mol. The summed E-state index contributed by atoms with van der Waals surface area (Å²) in [4.78, 5) is 0. The lowest BCUT2D eigenvalue weighted by atomic mass is 10.3. The lowest BCUT2D eigenvalue weighted by molar-refractivity contribution is 1.69. The largest absolute Gasteiger partial charge is 0.147 e. The second-order valence-electron chi connectivity index (χ2n) is 12.0. The Bertz CT molecular complexity index is 1990. The fourth-order valence-corrected chi connectivity index (χ4v) is 30.6. The van der Waals surface area contributed by atoms with Crippen molar-refractivity contribution in [2.45, 2.75) is 0 Å². The van der Waals surface area contributed by atoms with Gasteiger partial charge in [-0.05, 0) is 0 Å². The first kappa shape index (κ1) is 28.9. The Morgan fingerprint density at radius 1 is 0.326 bits per heavy atom. The molecule has 4 bridgehead atoms. The summed E-state index contributed by atoms with van der Waals surface area (Å²) in [5.74, 6) is 0. The van der Waals surface area contributed by atoms with Crippen molar-refractivity contribution >= 4 is 79.2 Å². The van der Waals surface area contributed by atoms with E-state index >= 15 is 0 Å². The zero-order valence-corrected chi connectivity index (χ0v) is 29.6. The Labute approximate surface area is 278 Å². The summed E-state index contributed by atoms with van der Waals surface area (Å²) in [5, 5.41) is 13.4. The third kappa shape index (κ3) is 4.77. The molecule has 0 saturated carbocycles. The first-order chi connectivity index (χ1) is 22.8. The van der Waals surface area contributed by atoms with Crippen molar-refractivity contribution in [3.8, 4) is 0 Å². The van der Waals surface area contributed by atoms with E-state index in [9.17, 15) is 0 Å². The maximum absolute atomic E-state index is 2.69. The minimum absolute atomic E-state index is 0.658. The van der Waals surface area contributed by atoms with Crippen molar-refractivity contribution < 1.29 is 0 Å². The molecular weight excluding hydrogens is 617 g/mol. The Kier molecular flexibility index (Phi) is 7.72. The van der Waals surface area contributed by atoms with Crippen LogP contribution in [0.2, 0.25) is 0 Å². The maximum atomic E-state index is 2.69. The number of hydrogen-bond donors (Lipinski definition) is 0. The highest BCUT2D eigenvalue weighted by atomic mass is 29.2. The van der Waals surface area contributed by atoms with Crippen LogP contribution in [0.25, 0.3) is 0 Å². The van der Waals surface area contributed by atoms with Gasteiger partial charge in [0, 0.05) is 0 Å². The minimum Gasteiger partial charge on any atom is -0.0661 e. The van der Waals surface area contributed by atoms with Crippen LogP contribution in [0, 0.1) is 0 Å². The van der Waals surface area contributed by atoms with Crippen LogP contribution < -0.4 is 46.7 Å². The van der Waals surface area contributed by atoms with E-state index in [0.717, 1.165) is 0 Å². The molecular formula is C42H33Si4. The van der Waals surface area contributed by atoms with Crippen LogP contribution in [0.3, 0.4) is 0 Å². The molecule has 8 rings (SSSR count). The van der Waals surface area contributed by atoms with E-state index in [0.29, 0.717) is 9.04 Å². The van der Waals surface area contributed by atoms with Gasteiger partial charge in [-0.2, -0.15) is 0 Å². The quantitative estimate of drug-likeness (QED) is 0.252. The van der Waals surface area contributed by atoms with Crippen LogP contribution in [0.5, 0.6) is 0 Å². The molecule has 0 aliphatic carbocycles. The van der Waals surface area contributed by atoms with Gasteiger partial charge in [-0.25, -0.2) is 0 Å². The molecule has 0 amide bonds. The van der Waals surface area contributed by atoms with Crippen LogP contribution in [0.15, 0.2) is 200 Å². The standard InChI is InChI=1S/C42H33Si4/c1-6-19-35(20-7-1)44-36-21-16-18-34(32-36)43-45(37-22-8-2-9-23-37,38-24-10-3-11-25-38)41-30-17-31-42(33-41)46(44,39-26-12-4-13-27-39)40-28-14-5-15-29-40/h1-33H. The van der Waals surface area contributed by atoms with Gasteiger partial charge in [-0.15, -0.1) is 0 Å². The van der Waals surface area contributed by atoms with E-state index in [2.05, 4.69) is 200 Å². The molecule has 0 nitrogen and oxygen atoms in total. The van der Waals surface area contributed by atoms with Crippen molar-refractivity contribution in [3.05, 3.63) is 200 Å². The Hall–Kier alpha value is -4.59. The SMILES string of the molecule is c1ccc([Si]2c3cccc(c3)[Si][Si](c3ccccc3)(c3ccccc3)c3cccc(c3)[Si]2(c2ccccc2)c2ccccc2)cc1. The second-order valence-corrected chi connectivity index (χ2v) is 27.9. The van der Waals surface area contributed by atoms with E-state index in [4.69, 9.17) is 0 Å². The van der Waals surface area contributed by atoms with Gasteiger partial charge in [-0.1, -0.05) is 247 Å². The molecule has 46 heavy (non-hydrogen) atoms. The molecule has 0 unspecified atom stereocenters. The van der Waals surface area contributed by atoms with Crippen molar-refractivity contribution in [2.24, 2.45) is 0 Å². The molecule has 0 atom stereocenters. The lowest BCUT2D eigenvalue weighted by Gasteiger charge is -2.42. The third-order valence-electron chi connectivity index (χ3n) is 9.48. The molecule has 0 fully saturated rings. The molecule has 7 aromatic rings. The van der Waals surface area contributed by atoms with E-state index in [1.54, 1.807) is 0 Å². The smallest absolute Gasteiger partial charge is 0.0661 e. The summed E-state index contributed by atoms with van der Waals surface area (Å²) in [6, 6.07) is 77.2. The summed E-state index contributed by atoms with van der Waals surface area (Å²) in [7, 11) is -5.89. The molecule has 0 aromatic heterocycles. The number of hydrogen-bond acceptors (Lipinski definition) is 0. The normalized spacial score (nSPS) is 15.1. The van der Waals surface area contributed by atoms with Crippen molar-refractivity contribution in [1.29, 1.82) is 0 Å². The minimum atomic E-state index is -2.69. The molecule has 0 spiro atoms. The zero-order valence-electron chi connectivity index (χ0n) is 25.6. The van der Waals surface area contributed by atoms with Crippen LogP contribution >= 0.6 is 0 Å². The van der Waals surface area contributed by atoms with Gasteiger partial charge in [-0.3, -0.25) is 0 Å². The van der Waals surface area contributed by atoms with Crippen molar-refractivity contribution in [2.75, 3.05) is 0 Å². The molecule has 7 aromatic carbocycles. The van der Waals surface area contributed by atoms with E-state index in [-0.39, 0.29) is 0 Å². The van der Waals surface area contributed by atoms with E-state index in [1.807, 2.05) is 0 Å². The molecule has 3 radical (unpaired) electrons. The molecule has 1 aliphatic rings. The molecule has 4 heteroatoms. The maximum Gasteiger partial charge on any atom is 0.147 e. The van der Waals surface area contributed by atoms with Gasteiger partial charge >= 0.3 is 0 Å². The van der Waals surface area contributed by atoms with Gasteiger partial charge in [0.1, 0.15) is 23.5 Å². The predicted molar refractivity (Wildman–Crippen MR) is 205 cm³/mol. The Morgan fingerprint density at radius 2 is 0.739 bits per heavy atom. The predicted octanol–water partition coefficient (Wildman–Crippen LogP) is 2.85. The Morgan fingerprint density at radius 3 is 1.28 bits per heavy atom. The van der Waals surface area contributed by atoms with Crippen LogP contribution in [-0.2, 0) is 0 Å². The number of benzene rings is 7. The zero-order chi connectivity index (χ0) is 30.8. The monoisotopic (exact) mass is 649 g/mol. The van der Waals surface area contributed by atoms with Gasteiger partial charge in [0.05, 0.1) is 9.04 Å². The van der Waals surface area contributed by atoms with Gasteiger partial charge in [0.25, 0.3) is 0 Å². The van der Waals surface area contributed by atoms with Crippen molar-refractivity contribution in [3.63, 3.8) is 0 Å².